The van der Waals surface area contributed by atoms with Crippen LogP contribution in [0.25, 0.3) is 6.08 Å². The van der Waals surface area contributed by atoms with Crippen LogP contribution in [0.5, 0.6) is 5.88 Å². The Labute approximate surface area is 133 Å². The lowest BCUT2D eigenvalue weighted by atomic mass is 10.2. The van der Waals surface area contributed by atoms with Crippen LogP contribution >= 0.6 is 0 Å². The van der Waals surface area contributed by atoms with Crippen molar-refractivity contribution in [2.45, 2.75) is 5.75 Å². The van der Waals surface area contributed by atoms with E-state index in [0.29, 0.717) is 5.56 Å². The third kappa shape index (κ3) is 4.62. The van der Waals surface area contributed by atoms with Crippen LogP contribution in [0.1, 0.15) is 11.3 Å². The first-order valence-electron chi connectivity index (χ1n) is 6.55. The van der Waals surface area contributed by atoms with E-state index in [1.54, 1.807) is 24.3 Å². The molecule has 7 nitrogen and oxygen atoms in total. The first-order valence-corrected chi connectivity index (χ1v) is 8.27. The van der Waals surface area contributed by atoms with E-state index in [1.165, 1.54) is 25.3 Å². The van der Waals surface area contributed by atoms with Crippen LogP contribution in [-0.4, -0.2) is 25.4 Å². The summed E-state index contributed by atoms with van der Waals surface area (Å²) in [5.74, 6) is -0.461. The van der Waals surface area contributed by atoms with Crippen LogP contribution in [0, 0.1) is 10.1 Å². The van der Waals surface area contributed by atoms with Gasteiger partial charge in [0.05, 0.1) is 12.0 Å². The number of benzene rings is 1. The Bertz CT molecular complexity index is 832. The summed E-state index contributed by atoms with van der Waals surface area (Å²) in [6.07, 6.45) is 1.43. The van der Waals surface area contributed by atoms with Gasteiger partial charge in [0.15, 0.2) is 9.84 Å². The largest absolute Gasteiger partial charge is 0.481 e. The van der Waals surface area contributed by atoms with Crippen molar-refractivity contribution in [2.24, 2.45) is 0 Å². The molecular formula is C15H14N2O5S. The fourth-order valence-corrected chi connectivity index (χ4v) is 2.90. The summed E-state index contributed by atoms with van der Waals surface area (Å²) in [4.78, 5) is 14.2. The number of aromatic nitrogens is 1. The van der Waals surface area contributed by atoms with Gasteiger partial charge in [-0.2, -0.15) is 0 Å². The molecule has 1 aromatic carbocycles. The van der Waals surface area contributed by atoms with Gasteiger partial charge < -0.3 is 4.74 Å². The van der Waals surface area contributed by atoms with Crippen molar-refractivity contribution < 1.29 is 18.1 Å². The van der Waals surface area contributed by atoms with Crippen LogP contribution in [0.2, 0.25) is 0 Å². The summed E-state index contributed by atoms with van der Waals surface area (Å²) in [6, 6.07) is 11.4. The number of ether oxygens (including phenoxy) is 1. The lowest BCUT2D eigenvalue weighted by Crippen LogP contribution is -2.06. The number of pyridine rings is 1. The minimum absolute atomic E-state index is 0.118. The lowest BCUT2D eigenvalue weighted by Gasteiger charge is -2.04. The Balaban J connectivity index is 2.29. The maximum atomic E-state index is 12.2. The van der Waals surface area contributed by atoms with E-state index in [2.05, 4.69) is 4.98 Å². The molecule has 0 spiro atoms. The van der Waals surface area contributed by atoms with Gasteiger partial charge in [-0.1, -0.05) is 30.3 Å². The third-order valence-corrected chi connectivity index (χ3v) is 4.16. The minimum Gasteiger partial charge on any atom is -0.481 e. The number of nitro groups is 1. The van der Waals surface area contributed by atoms with Crippen molar-refractivity contribution in [1.29, 1.82) is 0 Å². The van der Waals surface area contributed by atoms with Crippen molar-refractivity contribution in [3.8, 4) is 5.88 Å². The molecule has 0 unspecified atom stereocenters. The quantitative estimate of drug-likeness (QED) is 0.594. The molecule has 0 aliphatic rings. The Kier molecular flexibility index (Phi) is 5.07. The maximum absolute atomic E-state index is 12.2. The molecule has 8 heteroatoms. The number of nitrogens with zero attached hydrogens (tertiary/aromatic N) is 2. The van der Waals surface area contributed by atoms with Crippen molar-refractivity contribution in [3.05, 3.63) is 69.2 Å². The molecule has 2 aromatic rings. The molecule has 0 fully saturated rings. The molecule has 23 heavy (non-hydrogen) atoms. The van der Waals surface area contributed by atoms with E-state index in [0.717, 1.165) is 5.41 Å². The molecule has 0 atom stereocenters. The van der Waals surface area contributed by atoms with Gasteiger partial charge in [-0.05, 0) is 11.6 Å². The van der Waals surface area contributed by atoms with E-state index in [1.807, 2.05) is 6.07 Å². The first kappa shape index (κ1) is 16.6. The van der Waals surface area contributed by atoms with Gasteiger partial charge in [0.2, 0.25) is 5.88 Å². The van der Waals surface area contributed by atoms with Crippen LogP contribution in [0.4, 0.5) is 5.69 Å². The van der Waals surface area contributed by atoms with Crippen LogP contribution < -0.4 is 4.74 Å². The molecule has 1 heterocycles. The van der Waals surface area contributed by atoms with E-state index in [-0.39, 0.29) is 17.3 Å². The average Bonchev–Trinajstić information content (AvgIpc) is 2.53. The van der Waals surface area contributed by atoms with Crippen molar-refractivity contribution >= 4 is 21.6 Å². The zero-order valence-electron chi connectivity index (χ0n) is 12.2. The predicted octanol–water partition coefficient (Wildman–Crippen LogP) is 2.58. The number of hydrogen-bond donors (Lipinski definition) is 0. The Morgan fingerprint density at radius 1 is 1.22 bits per heavy atom. The molecule has 0 bridgehead atoms. The molecule has 0 radical (unpaired) electrons. The highest BCUT2D eigenvalue weighted by Crippen LogP contribution is 2.22. The molecule has 0 aliphatic carbocycles. The smallest absolute Gasteiger partial charge is 0.292 e. The topological polar surface area (TPSA) is 99.4 Å². The van der Waals surface area contributed by atoms with Crippen LogP contribution in [-0.2, 0) is 15.6 Å². The summed E-state index contributed by atoms with van der Waals surface area (Å²) in [5, 5.41) is 12.0. The first-order chi connectivity index (χ1) is 10.9. The van der Waals surface area contributed by atoms with E-state index >= 15 is 0 Å². The van der Waals surface area contributed by atoms with E-state index < -0.39 is 20.5 Å². The fourth-order valence-electron chi connectivity index (χ4n) is 1.85. The number of hydrogen-bond acceptors (Lipinski definition) is 6. The zero-order valence-corrected chi connectivity index (χ0v) is 13.1. The SMILES string of the molecule is COc1ccc([N+](=O)[O-])c(CS(=O)(=O)/C=C/c2ccccc2)n1. The van der Waals surface area contributed by atoms with E-state index in [9.17, 15) is 18.5 Å². The minimum atomic E-state index is -3.72. The van der Waals surface area contributed by atoms with Gasteiger partial charge >= 0.3 is 0 Å². The van der Waals surface area contributed by atoms with Gasteiger partial charge in [-0.25, -0.2) is 13.4 Å². The van der Waals surface area contributed by atoms with Gasteiger partial charge in [0.25, 0.3) is 5.69 Å². The summed E-state index contributed by atoms with van der Waals surface area (Å²) < 4.78 is 29.2. The normalized spacial score (nSPS) is 11.5. The molecule has 0 saturated heterocycles. The predicted molar refractivity (Wildman–Crippen MR) is 85.5 cm³/mol. The van der Waals surface area contributed by atoms with Crippen LogP contribution in [0.15, 0.2) is 47.9 Å². The number of sulfone groups is 1. The summed E-state index contributed by atoms with van der Waals surface area (Å²) in [6.45, 7) is 0. The monoisotopic (exact) mass is 334 g/mol. The Morgan fingerprint density at radius 2 is 1.91 bits per heavy atom. The van der Waals surface area contributed by atoms with Gasteiger partial charge in [-0.3, -0.25) is 10.1 Å². The summed E-state index contributed by atoms with van der Waals surface area (Å²) in [7, 11) is -2.37. The molecular weight excluding hydrogens is 320 g/mol. The van der Waals surface area contributed by atoms with Crippen molar-refractivity contribution in [1.82, 2.24) is 4.98 Å². The number of methoxy groups -OCH3 is 1. The second-order valence-corrected chi connectivity index (χ2v) is 6.48. The van der Waals surface area contributed by atoms with Crippen LogP contribution in [0.3, 0.4) is 0 Å². The zero-order chi connectivity index (χ0) is 16.9. The molecule has 0 amide bonds. The standard InChI is InChI=1S/C15H14N2O5S/c1-22-15-8-7-14(17(18)19)13(16-15)11-23(20,21)10-9-12-5-3-2-4-6-12/h2-10H,11H2,1H3/b10-9+. The fraction of sp³-hybridized carbons (Fsp3) is 0.133. The Hall–Kier alpha value is -2.74. The summed E-state index contributed by atoms with van der Waals surface area (Å²) >= 11 is 0. The van der Waals surface area contributed by atoms with E-state index in [4.69, 9.17) is 4.74 Å². The molecule has 120 valence electrons. The highest BCUT2D eigenvalue weighted by atomic mass is 32.2. The second-order valence-electron chi connectivity index (χ2n) is 4.60. The Morgan fingerprint density at radius 3 is 2.52 bits per heavy atom. The maximum Gasteiger partial charge on any atom is 0.292 e. The highest BCUT2D eigenvalue weighted by Gasteiger charge is 2.21. The average molecular weight is 334 g/mol. The van der Waals surface area contributed by atoms with Crippen molar-refractivity contribution in [2.75, 3.05) is 7.11 Å². The molecule has 1 aromatic heterocycles. The summed E-state index contributed by atoms with van der Waals surface area (Å²) in [5.41, 5.74) is 0.193. The van der Waals surface area contributed by atoms with Crippen molar-refractivity contribution in [3.63, 3.8) is 0 Å². The second kappa shape index (κ2) is 7.01. The van der Waals surface area contributed by atoms with Gasteiger partial charge in [0, 0.05) is 17.5 Å². The molecule has 2 rings (SSSR count). The lowest BCUT2D eigenvalue weighted by molar-refractivity contribution is -0.385. The molecule has 0 aliphatic heterocycles. The van der Waals surface area contributed by atoms with Gasteiger partial charge in [-0.15, -0.1) is 0 Å². The third-order valence-electron chi connectivity index (χ3n) is 2.94. The molecule has 0 saturated carbocycles. The van der Waals surface area contributed by atoms with Gasteiger partial charge in [0.1, 0.15) is 11.4 Å². The highest BCUT2D eigenvalue weighted by molar-refractivity contribution is 7.93. The number of rotatable bonds is 6. The molecule has 0 N–H and O–H groups in total.